The van der Waals surface area contributed by atoms with Crippen molar-refractivity contribution in [2.24, 2.45) is 0 Å². The standard InChI is InChI=1S/C20H23N3O3S/c1-2-26-19-9-5-3-8-18(19)16-22-11-13-23(14-12-22)27(24,25)20-10-6-4-7-17(20)15-21/h3-10H,2,11-14,16H2,1H3/p+1. The van der Waals surface area contributed by atoms with E-state index in [1.54, 1.807) is 18.2 Å². The number of para-hydroxylation sites is 1. The van der Waals surface area contributed by atoms with Crippen molar-refractivity contribution in [3.05, 3.63) is 59.7 Å². The Hall–Kier alpha value is -2.40. The Morgan fingerprint density at radius 2 is 1.78 bits per heavy atom. The minimum Gasteiger partial charge on any atom is -0.493 e. The third-order valence-corrected chi connectivity index (χ3v) is 6.72. The maximum Gasteiger partial charge on any atom is 0.244 e. The van der Waals surface area contributed by atoms with Gasteiger partial charge in [0.1, 0.15) is 18.4 Å². The zero-order valence-electron chi connectivity index (χ0n) is 15.4. The molecule has 0 aromatic heterocycles. The van der Waals surface area contributed by atoms with Crippen LogP contribution in [-0.4, -0.2) is 45.5 Å². The summed E-state index contributed by atoms with van der Waals surface area (Å²) in [6.45, 7) is 5.70. The van der Waals surface area contributed by atoms with Crippen LogP contribution in [0.5, 0.6) is 5.75 Å². The van der Waals surface area contributed by atoms with Crippen LogP contribution in [-0.2, 0) is 16.6 Å². The Balaban J connectivity index is 1.68. The molecule has 3 rings (SSSR count). The predicted molar refractivity (Wildman–Crippen MR) is 102 cm³/mol. The topological polar surface area (TPSA) is 74.8 Å². The molecule has 0 unspecified atom stereocenters. The number of nitriles is 1. The molecule has 1 aliphatic heterocycles. The molecule has 2 aromatic rings. The van der Waals surface area contributed by atoms with Crippen molar-refractivity contribution in [2.75, 3.05) is 32.8 Å². The van der Waals surface area contributed by atoms with Crippen LogP contribution in [0.25, 0.3) is 0 Å². The summed E-state index contributed by atoms with van der Waals surface area (Å²) in [5.41, 5.74) is 1.33. The molecule has 0 atom stereocenters. The highest BCUT2D eigenvalue weighted by molar-refractivity contribution is 7.89. The molecule has 1 aliphatic rings. The lowest BCUT2D eigenvalue weighted by molar-refractivity contribution is -0.917. The highest BCUT2D eigenvalue weighted by Crippen LogP contribution is 2.20. The molecule has 142 valence electrons. The normalized spacial score (nSPS) is 16.0. The number of nitrogens with one attached hydrogen (secondary N) is 1. The van der Waals surface area contributed by atoms with Crippen LogP contribution in [0.4, 0.5) is 0 Å². The maximum atomic E-state index is 12.9. The first-order valence-electron chi connectivity index (χ1n) is 9.09. The quantitative estimate of drug-likeness (QED) is 0.805. The van der Waals surface area contributed by atoms with Crippen molar-refractivity contribution in [1.29, 1.82) is 5.26 Å². The molecule has 0 saturated carbocycles. The van der Waals surface area contributed by atoms with E-state index in [-0.39, 0.29) is 10.5 Å². The Kier molecular flexibility index (Phi) is 6.11. The SMILES string of the molecule is CCOc1ccccc1C[NH+]1CCN(S(=O)(=O)c2ccccc2C#N)CC1. The van der Waals surface area contributed by atoms with Crippen LogP contribution < -0.4 is 9.64 Å². The molecule has 0 bridgehead atoms. The fourth-order valence-corrected chi connectivity index (χ4v) is 4.94. The molecule has 1 fully saturated rings. The lowest BCUT2D eigenvalue weighted by Crippen LogP contribution is -3.13. The summed E-state index contributed by atoms with van der Waals surface area (Å²) in [6.07, 6.45) is 0. The van der Waals surface area contributed by atoms with Gasteiger partial charge >= 0.3 is 0 Å². The monoisotopic (exact) mass is 386 g/mol. The van der Waals surface area contributed by atoms with Crippen molar-refractivity contribution in [1.82, 2.24) is 4.31 Å². The average Bonchev–Trinajstić information content (AvgIpc) is 2.70. The van der Waals surface area contributed by atoms with Gasteiger partial charge in [0.15, 0.2) is 0 Å². The summed E-state index contributed by atoms with van der Waals surface area (Å²) in [4.78, 5) is 1.42. The second kappa shape index (κ2) is 8.53. The molecule has 27 heavy (non-hydrogen) atoms. The van der Waals surface area contributed by atoms with Gasteiger partial charge in [0.2, 0.25) is 10.0 Å². The van der Waals surface area contributed by atoms with Crippen LogP contribution in [0, 0.1) is 11.3 Å². The van der Waals surface area contributed by atoms with Crippen molar-refractivity contribution in [3.63, 3.8) is 0 Å². The maximum absolute atomic E-state index is 12.9. The van der Waals surface area contributed by atoms with E-state index in [0.717, 1.165) is 17.9 Å². The van der Waals surface area contributed by atoms with Crippen molar-refractivity contribution in [3.8, 4) is 11.8 Å². The summed E-state index contributed by atoms with van der Waals surface area (Å²) in [6, 6.07) is 16.3. The second-order valence-corrected chi connectivity index (χ2v) is 8.39. The van der Waals surface area contributed by atoms with Crippen LogP contribution in [0.3, 0.4) is 0 Å². The summed E-state index contributed by atoms with van der Waals surface area (Å²) in [5, 5.41) is 9.21. The van der Waals surface area contributed by atoms with Gasteiger partial charge in [-0.1, -0.05) is 24.3 Å². The van der Waals surface area contributed by atoms with E-state index in [4.69, 9.17) is 4.74 Å². The zero-order chi connectivity index (χ0) is 19.3. The van der Waals surface area contributed by atoms with Gasteiger partial charge in [-0.15, -0.1) is 0 Å². The van der Waals surface area contributed by atoms with E-state index in [1.807, 2.05) is 31.2 Å². The van der Waals surface area contributed by atoms with Crippen LogP contribution in [0.15, 0.2) is 53.4 Å². The molecule has 1 saturated heterocycles. The first-order valence-corrected chi connectivity index (χ1v) is 10.5. The highest BCUT2D eigenvalue weighted by atomic mass is 32.2. The zero-order valence-corrected chi connectivity index (χ0v) is 16.2. The second-order valence-electron chi connectivity index (χ2n) is 6.48. The highest BCUT2D eigenvalue weighted by Gasteiger charge is 2.32. The molecule has 0 aliphatic carbocycles. The summed E-state index contributed by atoms with van der Waals surface area (Å²) in [7, 11) is -3.65. The third kappa shape index (κ3) is 4.30. The van der Waals surface area contributed by atoms with Gasteiger partial charge in [-0.25, -0.2) is 8.42 Å². The summed E-state index contributed by atoms with van der Waals surface area (Å²) in [5.74, 6) is 0.894. The number of piperazine rings is 1. The van der Waals surface area contributed by atoms with Gasteiger partial charge in [0.05, 0.1) is 43.2 Å². The van der Waals surface area contributed by atoms with E-state index in [2.05, 4.69) is 6.07 Å². The minimum absolute atomic E-state index is 0.0950. The molecule has 6 nitrogen and oxygen atoms in total. The van der Waals surface area contributed by atoms with E-state index in [9.17, 15) is 13.7 Å². The number of sulfonamides is 1. The first-order chi connectivity index (χ1) is 13.1. The first kappa shape index (κ1) is 19.4. The number of benzene rings is 2. The van der Waals surface area contributed by atoms with Crippen LogP contribution in [0.2, 0.25) is 0 Å². The fourth-order valence-electron chi connectivity index (χ4n) is 3.36. The predicted octanol–water partition coefficient (Wildman–Crippen LogP) is 1.05. The molecule has 7 heteroatoms. The number of rotatable bonds is 6. The van der Waals surface area contributed by atoms with Crippen molar-refractivity contribution >= 4 is 10.0 Å². The molecule has 0 radical (unpaired) electrons. The Labute approximate surface area is 160 Å². The third-order valence-electron chi connectivity index (χ3n) is 4.77. The fraction of sp³-hybridized carbons (Fsp3) is 0.350. The smallest absolute Gasteiger partial charge is 0.244 e. The molecule has 2 aromatic carbocycles. The number of hydrogen-bond acceptors (Lipinski definition) is 4. The van der Waals surface area contributed by atoms with E-state index in [0.29, 0.717) is 32.8 Å². The van der Waals surface area contributed by atoms with Gasteiger partial charge in [-0.2, -0.15) is 9.57 Å². The van der Waals surface area contributed by atoms with E-state index >= 15 is 0 Å². The van der Waals surface area contributed by atoms with Gasteiger partial charge in [0, 0.05) is 5.56 Å². The number of nitrogens with zero attached hydrogens (tertiary/aromatic N) is 2. The lowest BCUT2D eigenvalue weighted by atomic mass is 10.2. The number of quaternary nitrogens is 1. The lowest BCUT2D eigenvalue weighted by Gasteiger charge is -2.32. The molecule has 1 heterocycles. The number of ether oxygens (including phenoxy) is 1. The summed E-state index contributed by atoms with van der Waals surface area (Å²) >= 11 is 0. The van der Waals surface area contributed by atoms with Gasteiger partial charge in [-0.3, -0.25) is 0 Å². The molecule has 1 N–H and O–H groups in total. The van der Waals surface area contributed by atoms with Gasteiger partial charge in [0.25, 0.3) is 0 Å². The number of hydrogen-bond donors (Lipinski definition) is 1. The van der Waals surface area contributed by atoms with Gasteiger partial charge in [-0.05, 0) is 31.2 Å². The van der Waals surface area contributed by atoms with E-state index < -0.39 is 10.0 Å². The molecular weight excluding hydrogens is 362 g/mol. The van der Waals surface area contributed by atoms with E-state index in [1.165, 1.54) is 15.3 Å². The summed E-state index contributed by atoms with van der Waals surface area (Å²) < 4.78 is 33.0. The van der Waals surface area contributed by atoms with Crippen LogP contribution in [0.1, 0.15) is 18.1 Å². The molecular formula is C20H24N3O3S+. The van der Waals surface area contributed by atoms with Gasteiger partial charge < -0.3 is 9.64 Å². The largest absolute Gasteiger partial charge is 0.493 e. The molecule has 0 spiro atoms. The Morgan fingerprint density at radius 3 is 2.48 bits per heavy atom. The van der Waals surface area contributed by atoms with Crippen molar-refractivity contribution < 1.29 is 18.1 Å². The Bertz CT molecular complexity index is 929. The minimum atomic E-state index is -3.65. The molecule has 0 amide bonds. The average molecular weight is 386 g/mol. The Morgan fingerprint density at radius 1 is 1.11 bits per heavy atom. The van der Waals surface area contributed by atoms with Crippen LogP contribution >= 0.6 is 0 Å². The van der Waals surface area contributed by atoms with Crippen molar-refractivity contribution in [2.45, 2.75) is 18.4 Å².